The lowest BCUT2D eigenvalue weighted by atomic mass is 9.69. The van der Waals surface area contributed by atoms with Crippen LogP contribution in [0.4, 0.5) is 0 Å². The fraction of sp³-hybridized carbons (Fsp3) is 0.818. The lowest BCUT2D eigenvalue weighted by molar-refractivity contribution is 0.00261. The van der Waals surface area contributed by atoms with Crippen molar-refractivity contribution < 1.29 is 5.11 Å². The van der Waals surface area contributed by atoms with E-state index >= 15 is 0 Å². The topological polar surface area (TPSA) is 32.3 Å². The van der Waals surface area contributed by atoms with Gasteiger partial charge >= 0.3 is 0 Å². The van der Waals surface area contributed by atoms with Crippen molar-refractivity contribution in [1.82, 2.24) is 5.32 Å². The van der Waals surface area contributed by atoms with Crippen LogP contribution in [0.3, 0.4) is 0 Å². The Morgan fingerprint density at radius 3 is 3.15 bits per heavy atom. The molecule has 13 heavy (non-hydrogen) atoms. The zero-order valence-electron chi connectivity index (χ0n) is 8.13. The summed E-state index contributed by atoms with van der Waals surface area (Å²) in [6, 6.07) is 0. The standard InChI is InChI=1S/C11H19NO/c1-2-5-11-6-3-10(13)9(8-11)4-7-12-11/h2,9-10,12-13H,1,3-8H2. The third-order valence-corrected chi connectivity index (χ3v) is 3.67. The first-order chi connectivity index (χ1) is 6.26. The minimum atomic E-state index is -0.0416. The average molecular weight is 181 g/mol. The first kappa shape index (κ1) is 9.22. The number of hydrogen-bond acceptors (Lipinski definition) is 2. The van der Waals surface area contributed by atoms with Gasteiger partial charge in [0.2, 0.25) is 0 Å². The molecule has 3 unspecified atom stereocenters. The summed E-state index contributed by atoms with van der Waals surface area (Å²) in [7, 11) is 0. The van der Waals surface area contributed by atoms with Crippen LogP contribution in [0.15, 0.2) is 12.7 Å². The van der Waals surface area contributed by atoms with Gasteiger partial charge in [-0.15, -0.1) is 6.58 Å². The van der Waals surface area contributed by atoms with Gasteiger partial charge in [-0.1, -0.05) is 6.08 Å². The van der Waals surface area contributed by atoms with Crippen molar-refractivity contribution in [1.29, 1.82) is 0 Å². The third-order valence-electron chi connectivity index (χ3n) is 3.67. The Morgan fingerprint density at radius 2 is 2.38 bits per heavy atom. The summed E-state index contributed by atoms with van der Waals surface area (Å²) in [6.07, 6.45) is 7.37. The Balaban J connectivity index is 2.08. The highest BCUT2D eigenvalue weighted by molar-refractivity contribution is 5.02. The Bertz CT molecular complexity index is 204. The van der Waals surface area contributed by atoms with Crippen molar-refractivity contribution in [2.45, 2.75) is 43.7 Å². The predicted octanol–water partition coefficient (Wildman–Crippen LogP) is 1.46. The monoisotopic (exact) mass is 181 g/mol. The molecule has 0 aromatic rings. The number of nitrogens with one attached hydrogen (secondary N) is 1. The van der Waals surface area contributed by atoms with E-state index in [9.17, 15) is 5.11 Å². The minimum Gasteiger partial charge on any atom is -0.393 e. The van der Waals surface area contributed by atoms with Gasteiger partial charge in [0.1, 0.15) is 0 Å². The number of piperidine rings is 1. The van der Waals surface area contributed by atoms with E-state index in [-0.39, 0.29) is 11.6 Å². The number of fused-ring (bicyclic) bond motifs is 2. The molecule has 2 bridgehead atoms. The summed E-state index contributed by atoms with van der Waals surface area (Å²) >= 11 is 0. The highest BCUT2D eigenvalue weighted by Crippen LogP contribution is 2.39. The predicted molar refractivity (Wildman–Crippen MR) is 53.5 cm³/mol. The van der Waals surface area contributed by atoms with Crippen LogP contribution >= 0.6 is 0 Å². The normalized spacial score (nSPS) is 44.4. The summed E-state index contributed by atoms with van der Waals surface area (Å²) in [4.78, 5) is 0. The fourth-order valence-electron chi connectivity index (χ4n) is 2.91. The van der Waals surface area contributed by atoms with Crippen LogP contribution in [0, 0.1) is 5.92 Å². The highest BCUT2D eigenvalue weighted by Gasteiger charge is 2.41. The van der Waals surface area contributed by atoms with Crippen molar-refractivity contribution in [3.8, 4) is 0 Å². The quantitative estimate of drug-likeness (QED) is 0.632. The minimum absolute atomic E-state index is 0.0416. The van der Waals surface area contributed by atoms with E-state index < -0.39 is 0 Å². The van der Waals surface area contributed by atoms with Crippen molar-refractivity contribution >= 4 is 0 Å². The number of rotatable bonds is 2. The van der Waals surface area contributed by atoms with Crippen LogP contribution in [0.5, 0.6) is 0 Å². The van der Waals surface area contributed by atoms with Crippen molar-refractivity contribution in [2.75, 3.05) is 6.54 Å². The molecular weight excluding hydrogens is 162 g/mol. The average Bonchev–Trinajstić information content (AvgIpc) is 2.14. The van der Waals surface area contributed by atoms with Crippen molar-refractivity contribution in [2.24, 2.45) is 5.92 Å². The van der Waals surface area contributed by atoms with Crippen LogP contribution in [-0.2, 0) is 0 Å². The first-order valence-corrected chi connectivity index (χ1v) is 5.30. The van der Waals surface area contributed by atoms with Gasteiger partial charge in [-0.05, 0) is 44.6 Å². The number of aliphatic hydroxyl groups is 1. The van der Waals surface area contributed by atoms with Gasteiger partial charge in [0.05, 0.1) is 6.10 Å². The van der Waals surface area contributed by atoms with Gasteiger partial charge < -0.3 is 10.4 Å². The molecule has 1 aliphatic heterocycles. The van der Waals surface area contributed by atoms with Gasteiger partial charge in [0, 0.05) is 5.54 Å². The zero-order chi connectivity index (χ0) is 9.31. The number of aliphatic hydroxyl groups excluding tert-OH is 1. The Morgan fingerprint density at radius 1 is 1.54 bits per heavy atom. The number of hydrogen-bond donors (Lipinski definition) is 2. The second kappa shape index (κ2) is 3.43. The Kier molecular flexibility index (Phi) is 2.43. The zero-order valence-corrected chi connectivity index (χ0v) is 8.13. The van der Waals surface area contributed by atoms with E-state index in [2.05, 4.69) is 11.9 Å². The molecule has 2 rings (SSSR count). The van der Waals surface area contributed by atoms with Crippen LogP contribution in [0.25, 0.3) is 0 Å². The van der Waals surface area contributed by atoms with E-state index in [1.807, 2.05) is 6.08 Å². The first-order valence-electron chi connectivity index (χ1n) is 5.30. The highest BCUT2D eigenvalue weighted by atomic mass is 16.3. The largest absolute Gasteiger partial charge is 0.393 e. The molecule has 1 saturated heterocycles. The maximum Gasteiger partial charge on any atom is 0.0570 e. The molecule has 0 aromatic heterocycles. The summed E-state index contributed by atoms with van der Waals surface area (Å²) in [5, 5.41) is 13.4. The molecule has 1 aliphatic carbocycles. The van der Waals surface area contributed by atoms with Crippen LogP contribution in [-0.4, -0.2) is 23.3 Å². The molecule has 2 aliphatic rings. The third kappa shape index (κ3) is 1.65. The lowest BCUT2D eigenvalue weighted by Crippen LogP contribution is -2.56. The molecule has 0 amide bonds. The van der Waals surface area contributed by atoms with Gasteiger partial charge in [-0.2, -0.15) is 0 Å². The Labute approximate surface area is 80.0 Å². The van der Waals surface area contributed by atoms with Crippen molar-refractivity contribution in [3.05, 3.63) is 12.7 Å². The van der Waals surface area contributed by atoms with Gasteiger partial charge in [-0.25, -0.2) is 0 Å². The molecule has 0 spiro atoms. The Hall–Kier alpha value is -0.340. The fourth-order valence-corrected chi connectivity index (χ4v) is 2.91. The maximum absolute atomic E-state index is 9.75. The van der Waals surface area contributed by atoms with Gasteiger partial charge in [0.25, 0.3) is 0 Å². The second-order valence-electron chi connectivity index (χ2n) is 4.56. The molecular formula is C11H19NO. The lowest BCUT2D eigenvalue weighted by Gasteiger charge is -2.47. The van der Waals surface area contributed by atoms with E-state index in [4.69, 9.17) is 0 Å². The summed E-state index contributed by atoms with van der Waals surface area (Å²) in [5.41, 5.74) is 0.282. The summed E-state index contributed by atoms with van der Waals surface area (Å²) in [6.45, 7) is 4.88. The molecule has 1 saturated carbocycles. The van der Waals surface area contributed by atoms with Crippen LogP contribution in [0.1, 0.15) is 32.1 Å². The summed E-state index contributed by atoms with van der Waals surface area (Å²) < 4.78 is 0. The van der Waals surface area contributed by atoms with E-state index in [1.54, 1.807) is 0 Å². The summed E-state index contributed by atoms with van der Waals surface area (Å²) in [5.74, 6) is 0.537. The van der Waals surface area contributed by atoms with Crippen molar-refractivity contribution in [3.63, 3.8) is 0 Å². The smallest absolute Gasteiger partial charge is 0.0570 e. The van der Waals surface area contributed by atoms with E-state index in [0.717, 1.165) is 38.6 Å². The van der Waals surface area contributed by atoms with Crippen LogP contribution < -0.4 is 5.32 Å². The molecule has 0 radical (unpaired) electrons. The van der Waals surface area contributed by atoms with E-state index in [1.165, 1.54) is 0 Å². The van der Waals surface area contributed by atoms with Gasteiger partial charge in [-0.3, -0.25) is 0 Å². The molecule has 2 nitrogen and oxygen atoms in total. The SMILES string of the molecule is C=CCC12CCC(O)C(CCN1)C2. The molecule has 2 fully saturated rings. The molecule has 1 heterocycles. The molecule has 2 heteroatoms. The maximum atomic E-state index is 9.75. The van der Waals surface area contributed by atoms with Gasteiger partial charge in [0.15, 0.2) is 0 Å². The molecule has 0 aromatic carbocycles. The van der Waals surface area contributed by atoms with Crippen LogP contribution in [0.2, 0.25) is 0 Å². The molecule has 3 atom stereocenters. The molecule has 74 valence electrons. The molecule has 2 N–H and O–H groups in total. The van der Waals surface area contributed by atoms with E-state index in [0.29, 0.717) is 5.92 Å². The second-order valence-corrected chi connectivity index (χ2v) is 4.56.